The second kappa shape index (κ2) is 5.91. The van der Waals surface area contributed by atoms with Crippen molar-refractivity contribution in [3.8, 4) is 5.75 Å². The minimum absolute atomic E-state index is 0.0372. The summed E-state index contributed by atoms with van der Waals surface area (Å²) in [7, 11) is 0. The van der Waals surface area contributed by atoms with E-state index in [1.165, 1.54) is 0 Å². The van der Waals surface area contributed by atoms with Gasteiger partial charge in [-0.2, -0.15) is 0 Å². The van der Waals surface area contributed by atoms with Crippen molar-refractivity contribution >= 4 is 34.3 Å². The first kappa shape index (κ1) is 16.2. The van der Waals surface area contributed by atoms with Crippen LogP contribution in [0.4, 0.5) is 5.69 Å². The summed E-state index contributed by atoms with van der Waals surface area (Å²) in [6, 6.07) is 5.22. The highest BCUT2D eigenvalue weighted by atomic mass is 32.2. The molecule has 1 aromatic rings. The Morgan fingerprint density at radius 1 is 1.44 bits per heavy atom. The van der Waals surface area contributed by atoms with Gasteiger partial charge in [-0.25, -0.2) is 0 Å². The highest BCUT2D eigenvalue weighted by Gasteiger charge is 2.32. The Labute approximate surface area is 150 Å². The van der Waals surface area contributed by atoms with E-state index in [-0.39, 0.29) is 11.7 Å². The molecule has 0 fully saturated rings. The first-order valence-corrected chi connectivity index (χ1v) is 9.13. The third-order valence-electron chi connectivity index (χ3n) is 4.33. The molecule has 130 valence electrons. The Hall–Kier alpha value is -2.28. The molecular weight excluding hydrogens is 338 g/mol. The Balaban J connectivity index is 1.45. The first-order chi connectivity index (χ1) is 11.9. The number of nitrogens with one attached hydrogen (secondary N) is 1. The molecule has 0 spiro atoms. The molecule has 0 unspecified atom stereocenters. The summed E-state index contributed by atoms with van der Waals surface area (Å²) in [4.78, 5) is 31.1. The second-order valence-corrected chi connectivity index (χ2v) is 7.78. The molecule has 0 saturated heterocycles. The van der Waals surface area contributed by atoms with E-state index in [4.69, 9.17) is 4.74 Å². The van der Waals surface area contributed by atoms with Crippen LogP contribution in [-0.4, -0.2) is 40.4 Å². The molecule has 0 atom stereocenters. The highest BCUT2D eigenvalue weighted by molar-refractivity contribution is 8.16. The average molecular weight is 357 g/mol. The number of Topliss-reactive ketones (excluding diaryl/α,β-unsaturated/α-hetero) is 1. The summed E-state index contributed by atoms with van der Waals surface area (Å²) in [5.41, 5.74) is 1.62. The molecule has 3 heterocycles. The Bertz CT molecular complexity index is 829. The fourth-order valence-electron chi connectivity index (χ4n) is 3.22. The van der Waals surface area contributed by atoms with Crippen molar-refractivity contribution in [3.63, 3.8) is 0 Å². The number of anilines is 1. The monoisotopic (exact) mass is 357 g/mol. The van der Waals surface area contributed by atoms with Crippen LogP contribution in [-0.2, 0) is 4.79 Å². The van der Waals surface area contributed by atoms with Gasteiger partial charge in [0.25, 0.3) is 0 Å². The summed E-state index contributed by atoms with van der Waals surface area (Å²) in [6.07, 6.45) is 0.624. The molecule has 4 rings (SSSR count). The number of hydrogen-bond donors (Lipinski definition) is 1. The smallest absolute Gasteiger partial charge is 0.230 e. The number of carbonyl (C=O) groups is 2. The SMILES string of the molecule is CC1(C)CC(=O)c2cc(NC(=O)CC3=CSC4=NCCN34)ccc2O1. The number of amides is 1. The van der Waals surface area contributed by atoms with E-state index in [0.29, 0.717) is 29.8 Å². The number of nitrogens with zero attached hydrogens (tertiary/aromatic N) is 2. The number of ether oxygens (including phenoxy) is 1. The molecule has 7 heteroatoms. The molecule has 0 aliphatic carbocycles. The normalized spacial score (nSPS) is 20.4. The van der Waals surface area contributed by atoms with Crippen LogP contribution in [0, 0.1) is 0 Å². The number of ketones is 1. The third kappa shape index (κ3) is 3.16. The van der Waals surface area contributed by atoms with E-state index < -0.39 is 5.60 Å². The van der Waals surface area contributed by atoms with Gasteiger partial charge in [0.2, 0.25) is 5.91 Å². The van der Waals surface area contributed by atoms with Gasteiger partial charge < -0.3 is 15.0 Å². The quantitative estimate of drug-likeness (QED) is 0.900. The topological polar surface area (TPSA) is 71.0 Å². The van der Waals surface area contributed by atoms with Crippen LogP contribution in [0.5, 0.6) is 5.75 Å². The van der Waals surface area contributed by atoms with Gasteiger partial charge in [-0.15, -0.1) is 0 Å². The molecule has 0 bridgehead atoms. The van der Waals surface area contributed by atoms with Crippen LogP contribution < -0.4 is 10.1 Å². The standard InChI is InChI=1S/C18H19N3O3S/c1-18(2)9-14(22)13-7-11(3-4-15(13)24-18)20-16(23)8-12-10-25-17-19-5-6-21(12)17/h3-4,7,10H,5-6,8-9H2,1-2H3,(H,20,23). The van der Waals surface area contributed by atoms with Gasteiger partial charge in [-0.3, -0.25) is 14.6 Å². The van der Waals surface area contributed by atoms with Crippen LogP contribution in [0.15, 0.2) is 34.3 Å². The largest absolute Gasteiger partial charge is 0.487 e. The maximum atomic E-state index is 12.4. The van der Waals surface area contributed by atoms with Gasteiger partial charge in [0.15, 0.2) is 11.0 Å². The molecule has 1 N–H and O–H groups in total. The van der Waals surface area contributed by atoms with Gasteiger partial charge >= 0.3 is 0 Å². The number of aliphatic imine (C=N–C) groups is 1. The fourth-order valence-corrected chi connectivity index (χ4v) is 4.17. The highest BCUT2D eigenvalue weighted by Crippen LogP contribution is 2.35. The van der Waals surface area contributed by atoms with E-state index in [0.717, 1.165) is 24.0 Å². The van der Waals surface area contributed by atoms with Crippen molar-refractivity contribution in [2.24, 2.45) is 4.99 Å². The van der Waals surface area contributed by atoms with Crippen LogP contribution in [0.25, 0.3) is 0 Å². The molecule has 3 aliphatic heterocycles. The summed E-state index contributed by atoms with van der Waals surface area (Å²) < 4.78 is 5.84. The average Bonchev–Trinajstić information content (AvgIpc) is 3.12. The van der Waals surface area contributed by atoms with Crippen molar-refractivity contribution in [3.05, 3.63) is 34.9 Å². The molecule has 1 aromatic carbocycles. The number of carbonyl (C=O) groups excluding carboxylic acids is 2. The Morgan fingerprint density at radius 3 is 3.12 bits per heavy atom. The van der Waals surface area contributed by atoms with E-state index >= 15 is 0 Å². The predicted octanol–water partition coefficient (Wildman–Crippen LogP) is 3.02. The lowest BCUT2D eigenvalue weighted by Gasteiger charge is -2.31. The number of hydrogen-bond acceptors (Lipinski definition) is 6. The molecule has 3 aliphatic rings. The predicted molar refractivity (Wildman–Crippen MR) is 98.0 cm³/mol. The summed E-state index contributed by atoms with van der Waals surface area (Å²) in [5, 5.41) is 5.83. The lowest BCUT2D eigenvalue weighted by Crippen LogP contribution is -2.35. The number of thioether (sulfide) groups is 1. The zero-order chi connectivity index (χ0) is 17.6. The minimum Gasteiger partial charge on any atom is -0.487 e. The second-order valence-electron chi connectivity index (χ2n) is 6.94. The van der Waals surface area contributed by atoms with E-state index in [1.807, 2.05) is 19.3 Å². The van der Waals surface area contributed by atoms with Crippen molar-refractivity contribution in [1.82, 2.24) is 4.90 Å². The van der Waals surface area contributed by atoms with Crippen molar-refractivity contribution in [2.75, 3.05) is 18.4 Å². The fraction of sp³-hybridized carbons (Fsp3) is 0.389. The summed E-state index contributed by atoms with van der Waals surface area (Å²) in [5.74, 6) is 0.506. The Kier molecular flexibility index (Phi) is 3.83. The van der Waals surface area contributed by atoms with Gasteiger partial charge in [0, 0.05) is 17.9 Å². The number of benzene rings is 1. The van der Waals surface area contributed by atoms with Gasteiger partial charge in [-0.1, -0.05) is 11.8 Å². The minimum atomic E-state index is -0.490. The van der Waals surface area contributed by atoms with Crippen LogP contribution >= 0.6 is 11.8 Å². The summed E-state index contributed by atoms with van der Waals surface area (Å²) >= 11 is 1.56. The zero-order valence-electron chi connectivity index (χ0n) is 14.2. The van der Waals surface area contributed by atoms with Crippen LogP contribution in [0.3, 0.4) is 0 Å². The first-order valence-electron chi connectivity index (χ1n) is 8.25. The van der Waals surface area contributed by atoms with E-state index in [1.54, 1.807) is 30.0 Å². The Morgan fingerprint density at radius 2 is 2.28 bits per heavy atom. The van der Waals surface area contributed by atoms with E-state index in [2.05, 4.69) is 15.2 Å². The van der Waals surface area contributed by atoms with Gasteiger partial charge in [-0.05, 0) is 37.5 Å². The van der Waals surface area contributed by atoms with Crippen molar-refractivity contribution in [2.45, 2.75) is 32.3 Å². The maximum absolute atomic E-state index is 12.4. The lowest BCUT2D eigenvalue weighted by molar-refractivity contribution is -0.115. The molecule has 1 amide bonds. The zero-order valence-corrected chi connectivity index (χ0v) is 15.0. The third-order valence-corrected chi connectivity index (χ3v) is 5.28. The maximum Gasteiger partial charge on any atom is 0.230 e. The van der Waals surface area contributed by atoms with Crippen LogP contribution in [0.1, 0.15) is 37.0 Å². The number of rotatable bonds is 3. The summed E-state index contributed by atoms with van der Waals surface area (Å²) in [6.45, 7) is 5.41. The number of fused-ring (bicyclic) bond motifs is 2. The van der Waals surface area contributed by atoms with Gasteiger partial charge in [0.1, 0.15) is 11.4 Å². The van der Waals surface area contributed by atoms with Gasteiger partial charge in [0.05, 0.1) is 24.9 Å². The lowest BCUT2D eigenvalue weighted by atomic mass is 9.93. The van der Waals surface area contributed by atoms with Crippen molar-refractivity contribution < 1.29 is 14.3 Å². The molecule has 0 aromatic heterocycles. The molecule has 25 heavy (non-hydrogen) atoms. The number of amidine groups is 1. The van der Waals surface area contributed by atoms with E-state index in [9.17, 15) is 9.59 Å². The molecular formula is C18H19N3O3S. The molecule has 0 radical (unpaired) electrons. The van der Waals surface area contributed by atoms with Crippen molar-refractivity contribution in [1.29, 1.82) is 0 Å². The molecule has 6 nitrogen and oxygen atoms in total. The molecule has 0 saturated carbocycles. The van der Waals surface area contributed by atoms with Crippen LogP contribution in [0.2, 0.25) is 0 Å².